The van der Waals surface area contributed by atoms with Crippen LogP contribution in [-0.4, -0.2) is 71.3 Å². The van der Waals surface area contributed by atoms with E-state index in [4.69, 9.17) is 4.74 Å². The van der Waals surface area contributed by atoms with Crippen molar-refractivity contribution in [2.45, 2.75) is 23.4 Å². The van der Waals surface area contributed by atoms with Crippen molar-refractivity contribution in [3.8, 4) is 0 Å². The Morgan fingerprint density at radius 3 is 2.14 bits per heavy atom. The van der Waals surface area contributed by atoms with E-state index in [9.17, 15) is 9.59 Å². The molecule has 0 saturated carbocycles. The molecule has 1 fully saturated rings. The van der Waals surface area contributed by atoms with Gasteiger partial charge in [-0.1, -0.05) is 0 Å². The van der Waals surface area contributed by atoms with Crippen molar-refractivity contribution >= 4 is 56.1 Å². The number of carbonyl (C=O) groups excluding carboxylic acids is 2. The van der Waals surface area contributed by atoms with Crippen LogP contribution in [0.4, 0.5) is 0 Å². The van der Waals surface area contributed by atoms with Crippen LogP contribution in [0.3, 0.4) is 0 Å². The summed E-state index contributed by atoms with van der Waals surface area (Å²) in [6.07, 6.45) is 1.38. The van der Waals surface area contributed by atoms with Gasteiger partial charge < -0.3 is 0 Å². The van der Waals surface area contributed by atoms with Crippen LogP contribution in [0, 0.1) is 0 Å². The van der Waals surface area contributed by atoms with Crippen LogP contribution < -0.4 is 8.92 Å². The van der Waals surface area contributed by atoms with Crippen LogP contribution in [0.25, 0.3) is 5.57 Å². The van der Waals surface area contributed by atoms with E-state index in [2.05, 4.69) is 36.4 Å². The Bertz CT molecular complexity index is 1370. The summed E-state index contributed by atoms with van der Waals surface area (Å²) in [4.78, 5) is 29.4. The van der Waals surface area contributed by atoms with Crippen LogP contribution in [0.1, 0.15) is 12.5 Å². The first-order valence-electron chi connectivity index (χ1n) is 12.0. The van der Waals surface area contributed by atoms with Gasteiger partial charge in [0.1, 0.15) is 0 Å². The topological polar surface area (TPSA) is 46.6 Å². The average molecular weight is 605 g/mol. The SMILES string of the molecule is CC1=CC(=O)C([Se]c2ccccc2)C2OCCN3C(=O)C([Se]c4ccccc4)=C(c4ccccc4)C123. The van der Waals surface area contributed by atoms with E-state index in [1.54, 1.807) is 6.08 Å². The van der Waals surface area contributed by atoms with Gasteiger partial charge in [0.2, 0.25) is 0 Å². The molecule has 3 unspecified atom stereocenters. The summed E-state index contributed by atoms with van der Waals surface area (Å²) in [6.45, 7) is 2.96. The predicted molar refractivity (Wildman–Crippen MR) is 144 cm³/mol. The van der Waals surface area contributed by atoms with Crippen molar-refractivity contribution in [1.82, 2.24) is 4.90 Å². The Morgan fingerprint density at radius 1 is 0.861 bits per heavy atom. The van der Waals surface area contributed by atoms with Gasteiger partial charge in [0, 0.05) is 0 Å². The standard InChI is InChI=1S/C30H25NO3Se2/c1-20-19-24(32)26(35-22-13-7-3-8-14-22)28-30(20)25(21-11-5-2-6-12-21)27(29(33)31(30)17-18-34-28)36-23-15-9-4-10-16-23/h2-16,19,26,28H,17-18H2,1H3. The van der Waals surface area contributed by atoms with E-state index in [1.807, 2.05) is 66.4 Å². The molecule has 6 heteroatoms. The number of ether oxygens (including phenoxy) is 1. The molecule has 1 aliphatic carbocycles. The third-order valence-electron chi connectivity index (χ3n) is 7.04. The number of hydrogen-bond donors (Lipinski definition) is 0. The van der Waals surface area contributed by atoms with E-state index in [0.29, 0.717) is 13.2 Å². The molecule has 0 N–H and O–H groups in total. The van der Waals surface area contributed by atoms with E-state index in [-0.39, 0.29) is 46.4 Å². The molecule has 1 spiro atoms. The summed E-state index contributed by atoms with van der Waals surface area (Å²) in [5.41, 5.74) is 2.20. The first-order valence-corrected chi connectivity index (χ1v) is 15.6. The van der Waals surface area contributed by atoms with Crippen LogP contribution in [0.2, 0.25) is 4.82 Å². The monoisotopic (exact) mass is 607 g/mol. The molecule has 0 bridgehead atoms. The molecule has 36 heavy (non-hydrogen) atoms. The zero-order valence-electron chi connectivity index (χ0n) is 19.8. The van der Waals surface area contributed by atoms with Gasteiger partial charge in [0.05, 0.1) is 0 Å². The Labute approximate surface area is 223 Å². The second-order valence-corrected chi connectivity index (χ2v) is 13.9. The minimum atomic E-state index is -0.766. The van der Waals surface area contributed by atoms with E-state index < -0.39 is 11.6 Å². The molecule has 3 aromatic carbocycles. The molecule has 3 atom stereocenters. The average Bonchev–Trinajstić information content (AvgIpc) is 3.17. The van der Waals surface area contributed by atoms with Crippen molar-refractivity contribution in [3.63, 3.8) is 0 Å². The number of benzene rings is 3. The van der Waals surface area contributed by atoms with Crippen LogP contribution >= 0.6 is 0 Å². The van der Waals surface area contributed by atoms with E-state index in [1.165, 1.54) is 0 Å². The molecule has 4 nitrogen and oxygen atoms in total. The zero-order chi connectivity index (χ0) is 24.7. The van der Waals surface area contributed by atoms with Gasteiger partial charge in [0.25, 0.3) is 0 Å². The van der Waals surface area contributed by atoms with E-state index in [0.717, 1.165) is 30.1 Å². The zero-order valence-corrected chi connectivity index (χ0v) is 23.2. The number of nitrogens with zero attached hydrogens (tertiary/aromatic N) is 1. The van der Waals surface area contributed by atoms with E-state index >= 15 is 0 Å². The summed E-state index contributed by atoms with van der Waals surface area (Å²) in [7, 11) is 0. The van der Waals surface area contributed by atoms with Crippen LogP contribution in [0.15, 0.2) is 107 Å². The van der Waals surface area contributed by atoms with Crippen LogP contribution in [-0.2, 0) is 14.3 Å². The van der Waals surface area contributed by atoms with Gasteiger partial charge in [-0.25, -0.2) is 0 Å². The number of allylic oxidation sites excluding steroid dienone is 1. The molecule has 180 valence electrons. The number of ketones is 1. The third kappa shape index (κ3) is 3.76. The maximum absolute atomic E-state index is 14.2. The van der Waals surface area contributed by atoms with Gasteiger partial charge in [-0.3, -0.25) is 0 Å². The Kier molecular flexibility index (Phi) is 6.33. The quantitative estimate of drug-likeness (QED) is 0.421. The van der Waals surface area contributed by atoms with Crippen LogP contribution in [0.5, 0.6) is 0 Å². The predicted octanol–water partition coefficient (Wildman–Crippen LogP) is 2.75. The number of amides is 1. The fourth-order valence-electron chi connectivity index (χ4n) is 5.58. The Morgan fingerprint density at radius 2 is 1.47 bits per heavy atom. The second-order valence-electron chi connectivity index (χ2n) is 9.08. The van der Waals surface area contributed by atoms with Gasteiger partial charge in [-0.15, -0.1) is 0 Å². The summed E-state index contributed by atoms with van der Waals surface area (Å²) < 4.78 is 9.73. The van der Waals surface area contributed by atoms with Crippen molar-refractivity contribution in [2.24, 2.45) is 0 Å². The van der Waals surface area contributed by atoms with Gasteiger partial charge in [0.15, 0.2) is 0 Å². The molecule has 0 radical (unpaired) electrons. The summed E-state index contributed by atoms with van der Waals surface area (Å²) >= 11 is -0.309. The fourth-order valence-corrected chi connectivity index (χ4v) is 10.4. The number of rotatable bonds is 5. The minimum absolute atomic E-state index is 0.0825. The molecule has 1 amide bonds. The molecule has 3 aromatic rings. The van der Waals surface area contributed by atoms with Gasteiger partial charge in [-0.05, 0) is 0 Å². The van der Waals surface area contributed by atoms with Gasteiger partial charge >= 0.3 is 225 Å². The van der Waals surface area contributed by atoms with Crippen molar-refractivity contribution in [1.29, 1.82) is 0 Å². The summed E-state index contributed by atoms with van der Waals surface area (Å²) in [6, 6.07) is 30.7. The molecule has 3 aliphatic rings. The number of hydrogen-bond acceptors (Lipinski definition) is 3. The summed E-state index contributed by atoms with van der Waals surface area (Å²) in [5, 5.41) is 0. The molecule has 1 saturated heterocycles. The second kappa shape index (κ2) is 9.63. The van der Waals surface area contributed by atoms with Crippen molar-refractivity contribution in [3.05, 3.63) is 113 Å². The normalized spacial score (nSPS) is 25.5. The maximum atomic E-state index is 14.2. The molecule has 0 aromatic heterocycles. The number of carbonyl (C=O) groups is 2. The molecule has 2 heterocycles. The van der Waals surface area contributed by atoms with Crippen molar-refractivity contribution in [2.75, 3.05) is 13.2 Å². The fraction of sp³-hybridized carbons (Fsp3) is 0.200. The first kappa shape index (κ1) is 23.7. The first-order chi connectivity index (χ1) is 17.6. The Balaban J connectivity index is 1.57. The number of morpholine rings is 1. The molecular formula is C30H25NO3Se2. The Hall–Kier alpha value is -2.72. The molecule has 6 rings (SSSR count). The summed E-state index contributed by atoms with van der Waals surface area (Å²) in [5.74, 6) is 0.190. The molecule has 2 aliphatic heterocycles. The van der Waals surface area contributed by atoms with Gasteiger partial charge in [-0.2, -0.15) is 0 Å². The molecular weight excluding hydrogens is 580 g/mol. The third-order valence-corrected chi connectivity index (χ3v) is 12.0. The van der Waals surface area contributed by atoms with Crippen molar-refractivity contribution < 1.29 is 14.3 Å².